The van der Waals surface area contributed by atoms with Crippen LogP contribution < -0.4 is 0 Å². The van der Waals surface area contributed by atoms with Gasteiger partial charge in [-0.2, -0.15) is 0 Å². The molecule has 0 aliphatic carbocycles. The van der Waals surface area contributed by atoms with Crippen LogP contribution in [0.2, 0.25) is 0 Å². The smallest absolute Gasteiger partial charge is 0.138 e. The van der Waals surface area contributed by atoms with Gasteiger partial charge in [-0.15, -0.1) is 0 Å². The first-order valence-electron chi connectivity index (χ1n) is 8.00. The van der Waals surface area contributed by atoms with Crippen molar-refractivity contribution in [2.24, 2.45) is 0 Å². The number of nitrogens with one attached hydrogen (secondary N) is 1. The average Bonchev–Trinajstić information content (AvgIpc) is 3.00. The van der Waals surface area contributed by atoms with Gasteiger partial charge in [-0.1, -0.05) is 52.3 Å². The number of rotatable bonds is 3. The first-order chi connectivity index (χ1) is 11.7. The summed E-state index contributed by atoms with van der Waals surface area (Å²) in [6.07, 6.45) is 4.23. The molecule has 0 radical (unpaired) electrons. The Morgan fingerprint density at radius 1 is 1.12 bits per heavy atom. The molecular weight excluding hydrogens is 362 g/mol. The van der Waals surface area contributed by atoms with Crippen LogP contribution in [0.1, 0.15) is 22.5 Å². The van der Waals surface area contributed by atoms with Crippen molar-refractivity contribution in [1.29, 1.82) is 0 Å². The molecule has 0 fully saturated rings. The van der Waals surface area contributed by atoms with Gasteiger partial charge in [0.25, 0.3) is 0 Å². The number of hydrogen-bond acceptors (Lipinski definition) is 2. The molecule has 4 heteroatoms. The quantitative estimate of drug-likeness (QED) is 0.683. The summed E-state index contributed by atoms with van der Waals surface area (Å²) in [6.45, 7) is 3.86. The Bertz CT molecular complexity index is 894. The third kappa shape index (κ3) is 3.02. The lowest BCUT2D eigenvalue weighted by molar-refractivity contribution is 0.355. The summed E-state index contributed by atoms with van der Waals surface area (Å²) in [4.78, 5) is 10.6. The number of benzene rings is 2. The van der Waals surface area contributed by atoms with E-state index in [9.17, 15) is 0 Å². The molecule has 0 atom stereocenters. The van der Waals surface area contributed by atoms with Gasteiger partial charge in [0.2, 0.25) is 0 Å². The molecule has 3 nitrogen and oxygen atoms in total. The fourth-order valence-electron chi connectivity index (χ4n) is 3.01. The molecule has 3 aromatic rings. The van der Waals surface area contributed by atoms with Crippen molar-refractivity contribution in [2.45, 2.75) is 20.0 Å². The van der Waals surface area contributed by atoms with Crippen molar-refractivity contribution in [3.8, 4) is 11.4 Å². The lowest BCUT2D eigenvalue weighted by atomic mass is 10.1. The van der Waals surface area contributed by atoms with Crippen LogP contribution in [0.5, 0.6) is 0 Å². The maximum absolute atomic E-state index is 4.76. The highest BCUT2D eigenvalue weighted by atomic mass is 79.9. The molecule has 24 heavy (non-hydrogen) atoms. The van der Waals surface area contributed by atoms with E-state index < -0.39 is 0 Å². The average molecular weight is 380 g/mol. The second kappa shape index (κ2) is 6.29. The molecule has 0 saturated heterocycles. The Balaban J connectivity index is 1.55. The summed E-state index contributed by atoms with van der Waals surface area (Å²) in [5.74, 6) is 0.952. The molecule has 0 bridgehead atoms. The van der Waals surface area contributed by atoms with Gasteiger partial charge >= 0.3 is 0 Å². The van der Waals surface area contributed by atoms with Gasteiger partial charge in [0.1, 0.15) is 5.82 Å². The summed E-state index contributed by atoms with van der Waals surface area (Å²) < 4.78 is 1.11. The van der Waals surface area contributed by atoms with Gasteiger partial charge in [-0.3, -0.25) is 0 Å². The van der Waals surface area contributed by atoms with Crippen LogP contribution in [0, 0.1) is 6.92 Å². The lowest BCUT2D eigenvalue weighted by Gasteiger charge is -2.23. The van der Waals surface area contributed by atoms with Crippen molar-refractivity contribution < 1.29 is 0 Å². The van der Waals surface area contributed by atoms with Crippen LogP contribution in [0.3, 0.4) is 0 Å². The Labute approximate surface area is 150 Å². The first-order valence-corrected chi connectivity index (χ1v) is 8.80. The van der Waals surface area contributed by atoms with E-state index in [0.717, 1.165) is 29.1 Å². The Morgan fingerprint density at radius 2 is 1.92 bits per heavy atom. The van der Waals surface area contributed by atoms with E-state index in [2.05, 4.69) is 93.5 Å². The predicted octanol–water partition coefficient (Wildman–Crippen LogP) is 5.13. The standard InChI is InChI=1S/C20H18BrN3/c1-14-4-2-3-5-17(14)20-22-18-10-11-24(13-19(18)23-20)12-15-6-8-16(21)9-7-15/h2-11H,12-13H2,1H3,(H,22,23). The minimum Gasteiger partial charge on any atom is -0.367 e. The van der Waals surface area contributed by atoms with Crippen molar-refractivity contribution in [2.75, 3.05) is 0 Å². The Kier molecular flexibility index (Phi) is 3.98. The molecule has 2 aromatic carbocycles. The summed E-state index contributed by atoms with van der Waals surface area (Å²) in [5.41, 5.74) is 5.91. The molecule has 0 amide bonds. The van der Waals surface area contributed by atoms with E-state index in [0.29, 0.717) is 0 Å². The minimum absolute atomic E-state index is 0.848. The van der Waals surface area contributed by atoms with Crippen molar-refractivity contribution in [3.05, 3.63) is 81.7 Å². The zero-order valence-electron chi connectivity index (χ0n) is 13.5. The summed E-state index contributed by atoms with van der Waals surface area (Å²) in [7, 11) is 0. The monoisotopic (exact) mass is 379 g/mol. The third-order valence-corrected chi connectivity index (χ3v) is 4.84. The maximum Gasteiger partial charge on any atom is 0.138 e. The van der Waals surface area contributed by atoms with Crippen molar-refractivity contribution in [1.82, 2.24) is 14.9 Å². The number of nitrogens with zero attached hydrogens (tertiary/aromatic N) is 2. The summed E-state index contributed by atoms with van der Waals surface area (Å²) >= 11 is 3.48. The van der Waals surface area contributed by atoms with E-state index in [-0.39, 0.29) is 0 Å². The number of aryl methyl sites for hydroxylation is 1. The number of hydrogen-bond donors (Lipinski definition) is 1. The molecule has 120 valence electrons. The molecule has 1 N–H and O–H groups in total. The molecule has 1 aliphatic rings. The SMILES string of the molecule is Cc1ccccc1-c1nc2c([nH]1)CN(Cc1ccc(Br)cc1)C=C2. The van der Waals surface area contributed by atoms with E-state index in [1.165, 1.54) is 22.4 Å². The first kappa shape index (κ1) is 15.2. The topological polar surface area (TPSA) is 31.9 Å². The maximum atomic E-state index is 4.76. The molecule has 0 spiro atoms. The van der Waals surface area contributed by atoms with Crippen LogP contribution in [0.25, 0.3) is 17.5 Å². The number of aromatic nitrogens is 2. The van der Waals surface area contributed by atoms with Crippen molar-refractivity contribution >= 4 is 22.0 Å². The van der Waals surface area contributed by atoms with Crippen LogP contribution in [-0.4, -0.2) is 14.9 Å². The van der Waals surface area contributed by atoms with E-state index in [1.54, 1.807) is 0 Å². The molecule has 1 aliphatic heterocycles. The fraction of sp³-hybridized carbons (Fsp3) is 0.150. The van der Waals surface area contributed by atoms with Crippen LogP contribution in [0.4, 0.5) is 0 Å². The molecule has 0 saturated carbocycles. The number of aromatic amines is 1. The van der Waals surface area contributed by atoms with E-state index in [1.807, 2.05) is 0 Å². The molecular formula is C20H18BrN3. The molecule has 1 aromatic heterocycles. The van der Waals surface area contributed by atoms with Gasteiger partial charge in [0, 0.05) is 22.8 Å². The van der Waals surface area contributed by atoms with Gasteiger partial charge in [0.15, 0.2) is 0 Å². The molecule has 2 heterocycles. The number of imidazole rings is 1. The summed E-state index contributed by atoms with van der Waals surface area (Å²) in [5, 5.41) is 0. The van der Waals surface area contributed by atoms with Gasteiger partial charge in [-0.05, 0) is 36.3 Å². The van der Waals surface area contributed by atoms with Crippen molar-refractivity contribution in [3.63, 3.8) is 0 Å². The lowest BCUT2D eigenvalue weighted by Crippen LogP contribution is -2.19. The Hall–Kier alpha value is -2.33. The Morgan fingerprint density at radius 3 is 2.71 bits per heavy atom. The van der Waals surface area contributed by atoms with Crippen LogP contribution in [0.15, 0.2) is 59.2 Å². The van der Waals surface area contributed by atoms with Crippen LogP contribution in [-0.2, 0) is 13.1 Å². The van der Waals surface area contributed by atoms with Gasteiger partial charge in [0.05, 0.1) is 17.9 Å². The molecule has 4 rings (SSSR count). The third-order valence-electron chi connectivity index (χ3n) is 4.31. The minimum atomic E-state index is 0.848. The molecule has 0 unspecified atom stereocenters. The van der Waals surface area contributed by atoms with E-state index in [4.69, 9.17) is 4.98 Å². The predicted molar refractivity (Wildman–Crippen MR) is 101 cm³/mol. The highest BCUT2D eigenvalue weighted by Crippen LogP contribution is 2.26. The normalized spacial score (nSPS) is 13.2. The number of fused-ring (bicyclic) bond motifs is 1. The fourth-order valence-corrected chi connectivity index (χ4v) is 3.28. The van der Waals surface area contributed by atoms with E-state index >= 15 is 0 Å². The largest absolute Gasteiger partial charge is 0.367 e. The number of H-pyrrole nitrogens is 1. The second-order valence-electron chi connectivity index (χ2n) is 6.11. The van der Waals surface area contributed by atoms with Gasteiger partial charge < -0.3 is 9.88 Å². The zero-order valence-corrected chi connectivity index (χ0v) is 15.0. The number of halogens is 1. The highest BCUT2D eigenvalue weighted by molar-refractivity contribution is 9.10. The highest BCUT2D eigenvalue weighted by Gasteiger charge is 2.16. The van der Waals surface area contributed by atoms with Crippen LogP contribution >= 0.6 is 15.9 Å². The zero-order chi connectivity index (χ0) is 16.5. The second-order valence-corrected chi connectivity index (χ2v) is 7.03. The van der Waals surface area contributed by atoms with Gasteiger partial charge in [-0.25, -0.2) is 4.98 Å². The summed E-state index contributed by atoms with van der Waals surface area (Å²) in [6, 6.07) is 16.8.